The summed E-state index contributed by atoms with van der Waals surface area (Å²) in [5.41, 5.74) is -2.09. The maximum absolute atomic E-state index is 13.8. The molecule has 2 aromatic rings. The average Bonchev–Trinajstić information content (AvgIpc) is 3.04. The van der Waals surface area contributed by atoms with Crippen LogP contribution in [0.1, 0.15) is 32.6 Å². The first kappa shape index (κ1) is 37.9. The highest BCUT2D eigenvalue weighted by atomic mass is 19.4. The van der Waals surface area contributed by atoms with Crippen molar-refractivity contribution in [1.29, 1.82) is 0 Å². The van der Waals surface area contributed by atoms with Gasteiger partial charge in [0.1, 0.15) is 5.75 Å². The third-order valence-electron chi connectivity index (χ3n) is 8.42. The number of amides is 1. The molecule has 0 N–H and O–H groups in total. The van der Waals surface area contributed by atoms with Crippen molar-refractivity contribution in [2.75, 3.05) is 93.3 Å². The van der Waals surface area contributed by atoms with Crippen molar-refractivity contribution in [1.82, 2.24) is 14.7 Å². The summed E-state index contributed by atoms with van der Waals surface area (Å²) in [4.78, 5) is 19.6. The fourth-order valence-electron chi connectivity index (χ4n) is 5.87. The lowest BCUT2D eigenvalue weighted by Gasteiger charge is -2.43. The Bertz CT molecular complexity index is 1310. The van der Waals surface area contributed by atoms with Crippen LogP contribution in [0.2, 0.25) is 0 Å². The number of aryl methyl sites for hydroxylation is 1. The predicted octanol–water partition coefficient (Wildman–Crippen LogP) is 4.75. The molecule has 15 heteroatoms. The van der Waals surface area contributed by atoms with E-state index in [-0.39, 0.29) is 25.5 Å². The van der Waals surface area contributed by atoms with E-state index in [2.05, 4.69) is 9.80 Å². The van der Waals surface area contributed by atoms with Gasteiger partial charge in [-0.1, -0.05) is 12.1 Å². The number of ether oxygens (including phenoxy) is 5. The van der Waals surface area contributed by atoms with Gasteiger partial charge in [0.15, 0.2) is 6.79 Å². The molecule has 268 valence electrons. The lowest BCUT2D eigenvalue weighted by atomic mass is 9.98. The van der Waals surface area contributed by atoms with Crippen LogP contribution in [0, 0.1) is 6.92 Å². The second-order valence-corrected chi connectivity index (χ2v) is 12.0. The van der Waals surface area contributed by atoms with Gasteiger partial charge in [0.2, 0.25) is 0 Å². The van der Waals surface area contributed by atoms with Gasteiger partial charge in [-0.2, -0.15) is 26.3 Å². The zero-order valence-electron chi connectivity index (χ0n) is 27.4. The van der Waals surface area contributed by atoms with Crippen LogP contribution < -0.4 is 4.74 Å². The molecule has 0 radical (unpaired) electrons. The summed E-state index contributed by atoms with van der Waals surface area (Å²) in [6, 6.07) is 6.01. The molecule has 0 saturated carbocycles. The summed E-state index contributed by atoms with van der Waals surface area (Å²) in [7, 11) is 3.17. The Balaban J connectivity index is 1.56. The highest BCUT2D eigenvalue weighted by Gasteiger charge is 2.39. The average molecular weight is 692 g/mol. The molecule has 0 bridgehead atoms. The number of carbonyl (C=O) groups excluding carboxylic acids is 1. The molecule has 9 nitrogen and oxygen atoms in total. The number of halogens is 6. The second kappa shape index (κ2) is 17.1. The number of hydrogen-bond acceptors (Lipinski definition) is 8. The number of nitrogens with zero attached hydrogens (tertiary/aromatic N) is 3. The lowest BCUT2D eigenvalue weighted by Crippen LogP contribution is -2.57. The number of benzene rings is 2. The topological polar surface area (TPSA) is 72.9 Å². The molecule has 0 aromatic heterocycles. The monoisotopic (exact) mass is 691 g/mol. The third kappa shape index (κ3) is 10.8. The molecule has 48 heavy (non-hydrogen) atoms. The first-order valence-corrected chi connectivity index (χ1v) is 15.7. The summed E-state index contributed by atoms with van der Waals surface area (Å²) in [6.07, 6.45) is -9.88. The van der Waals surface area contributed by atoms with Gasteiger partial charge in [-0.15, -0.1) is 0 Å². The van der Waals surface area contributed by atoms with Crippen molar-refractivity contribution >= 4 is 5.91 Å². The largest absolute Gasteiger partial charge is 0.467 e. The van der Waals surface area contributed by atoms with Gasteiger partial charge < -0.3 is 28.6 Å². The van der Waals surface area contributed by atoms with Crippen LogP contribution in [0.15, 0.2) is 36.4 Å². The van der Waals surface area contributed by atoms with Crippen LogP contribution in [0.3, 0.4) is 0 Å². The molecule has 0 spiro atoms. The Morgan fingerprint density at radius 1 is 0.875 bits per heavy atom. The van der Waals surface area contributed by atoms with Gasteiger partial charge in [0.05, 0.1) is 43.7 Å². The predicted molar refractivity (Wildman–Crippen MR) is 164 cm³/mol. The van der Waals surface area contributed by atoms with E-state index in [1.807, 2.05) is 25.1 Å². The number of methoxy groups -OCH3 is 2. The summed E-state index contributed by atoms with van der Waals surface area (Å²) in [6.45, 7) is 7.37. The molecule has 2 aromatic carbocycles. The highest BCUT2D eigenvalue weighted by Crippen LogP contribution is 2.37. The van der Waals surface area contributed by atoms with E-state index in [1.165, 1.54) is 4.90 Å². The van der Waals surface area contributed by atoms with Crippen LogP contribution in [0.25, 0.3) is 0 Å². The highest BCUT2D eigenvalue weighted by molar-refractivity contribution is 5.95. The van der Waals surface area contributed by atoms with Crippen LogP contribution >= 0.6 is 0 Å². The molecule has 2 saturated heterocycles. The molecule has 1 amide bonds. The van der Waals surface area contributed by atoms with Gasteiger partial charge in [-0.05, 0) is 48.7 Å². The molecule has 2 aliphatic heterocycles. The third-order valence-corrected chi connectivity index (χ3v) is 8.42. The number of alkyl halides is 6. The minimum absolute atomic E-state index is 0.0146. The summed E-state index contributed by atoms with van der Waals surface area (Å²) in [5, 5.41) is 0. The van der Waals surface area contributed by atoms with Gasteiger partial charge in [0.25, 0.3) is 5.91 Å². The van der Waals surface area contributed by atoms with Gasteiger partial charge in [-0.25, -0.2) is 0 Å². The normalized spacial score (nSPS) is 19.9. The number of hydrogen-bond donors (Lipinski definition) is 0. The first-order chi connectivity index (χ1) is 22.8. The number of morpholine rings is 1. The maximum atomic E-state index is 13.8. The zero-order valence-corrected chi connectivity index (χ0v) is 27.4. The second-order valence-electron chi connectivity index (χ2n) is 12.0. The number of rotatable bonds is 14. The molecule has 2 aliphatic rings. The molecule has 4 rings (SSSR count). The van der Waals surface area contributed by atoms with E-state index in [0.29, 0.717) is 76.9 Å². The SMILES string of the molecule is COCCOCOc1cc(C[C@@H]2CN(CCN3CCO[C@@H](COC)C3)CCN2C(=O)c2cc(C(F)(F)F)cc(C(F)(F)F)c2)ccc1C. The summed E-state index contributed by atoms with van der Waals surface area (Å²) < 4.78 is 109. The van der Waals surface area contributed by atoms with Gasteiger partial charge in [0, 0.05) is 71.6 Å². The van der Waals surface area contributed by atoms with Crippen molar-refractivity contribution in [3.8, 4) is 5.75 Å². The van der Waals surface area contributed by atoms with Gasteiger partial charge >= 0.3 is 12.4 Å². The standard InChI is InChI=1S/C33H43F6N3O6/c1-23-4-5-24(15-30(23)48-22-46-13-12-44-2)14-28-19-40(6-7-41-10-11-47-29(20-41)21-45-3)8-9-42(28)31(43)25-16-26(32(34,35)36)18-27(17-25)33(37,38)39/h4-5,15-18,28-29H,6-14,19-22H2,1-3H3/t28-,29-/m1/s1. The quantitative estimate of drug-likeness (QED) is 0.160. The van der Waals surface area contributed by atoms with Crippen LogP contribution in [-0.2, 0) is 37.7 Å². The van der Waals surface area contributed by atoms with Crippen LogP contribution in [-0.4, -0.2) is 126 Å². The van der Waals surface area contributed by atoms with Crippen LogP contribution in [0.4, 0.5) is 26.3 Å². The van der Waals surface area contributed by atoms with Gasteiger partial charge in [-0.3, -0.25) is 14.6 Å². The fourth-order valence-corrected chi connectivity index (χ4v) is 5.87. The van der Waals surface area contributed by atoms with E-state index < -0.39 is 41.0 Å². The minimum atomic E-state index is -5.07. The van der Waals surface area contributed by atoms with Crippen molar-refractivity contribution in [2.24, 2.45) is 0 Å². The van der Waals surface area contributed by atoms with E-state index in [9.17, 15) is 31.1 Å². The Morgan fingerprint density at radius 3 is 2.21 bits per heavy atom. The van der Waals surface area contributed by atoms with E-state index in [0.717, 1.165) is 24.2 Å². The molecule has 2 atom stereocenters. The Kier molecular flexibility index (Phi) is 13.5. The first-order valence-electron chi connectivity index (χ1n) is 15.7. The zero-order chi connectivity index (χ0) is 34.9. The van der Waals surface area contributed by atoms with Crippen molar-refractivity contribution in [3.05, 3.63) is 64.2 Å². The van der Waals surface area contributed by atoms with E-state index in [1.54, 1.807) is 14.2 Å². The minimum Gasteiger partial charge on any atom is -0.467 e. The van der Waals surface area contributed by atoms with E-state index in [4.69, 9.17) is 23.7 Å². The molecule has 0 unspecified atom stereocenters. The maximum Gasteiger partial charge on any atom is 0.416 e. The smallest absolute Gasteiger partial charge is 0.416 e. The number of carbonyl (C=O) groups is 1. The Morgan fingerprint density at radius 2 is 1.56 bits per heavy atom. The van der Waals surface area contributed by atoms with E-state index >= 15 is 0 Å². The van der Waals surface area contributed by atoms with Crippen molar-refractivity contribution in [2.45, 2.75) is 37.8 Å². The summed E-state index contributed by atoms with van der Waals surface area (Å²) >= 11 is 0. The Labute approximate surface area is 276 Å². The molecule has 0 aliphatic carbocycles. The fraction of sp³-hybridized carbons (Fsp3) is 0.606. The number of piperazine rings is 1. The molecular weight excluding hydrogens is 648 g/mol. The molecule has 2 heterocycles. The van der Waals surface area contributed by atoms with Crippen molar-refractivity contribution in [3.63, 3.8) is 0 Å². The van der Waals surface area contributed by atoms with Crippen molar-refractivity contribution < 1.29 is 54.8 Å². The van der Waals surface area contributed by atoms with Crippen LogP contribution in [0.5, 0.6) is 5.75 Å². The summed E-state index contributed by atoms with van der Waals surface area (Å²) in [5.74, 6) is -0.331. The Hall–Kier alpha value is -2.95. The molecular formula is C33H43F6N3O6. The molecule has 2 fully saturated rings. The lowest BCUT2D eigenvalue weighted by molar-refractivity contribution is -0.143.